The normalized spacial score (nSPS) is 21.5. The van der Waals surface area contributed by atoms with Crippen LogP contribution in [-0.4, -0.2) is 62.7 Å². The molecule has 0 spiro atoms. The maximum Gasteiger partial charge on any atom is 0.223 e. The van der Waals surface area contributed by atoms with Crippen molar-refractivity contribution in [2.24, 2.45) is 5.92 Å². The quantitative estimate of drug-likeness (QED) is 0.855. The fourth-order valence-corrected chi connectivity index (χ4v) is 3.67. The molecule has 1 aromatic carbocycles. The highest BCUT2D eigenvalue weighted by Gasteiger charge is 2.24. The van der Waals surface area contributed by atoms with Crippen LogP contribution in [0.1, 0.15) is 19.8 Å². The summed E-state index contributed by atoms with van der Waals surface area (Å²) in [6, 6.07) is 11.0. The molecule has 2 N–H and O–H groups in total. The third-order valence-electron chi connectivity index (χ3n) is 5.34. The molecule has 5 nitrogen and oxygen atoms in total. The van der Waals surface area contributed by atoms with Crippen molar-refractivity contribution < 1.29 is 4.79 Å². The Kier molecular flexibility index (Phi) is 6.10. The first-order valence-corrected chi connectivity index (χ1v) is 9.26. The molecule has 3 rings (SSSR count). The molecule has 0 saturated carbocycles. The summed E-state index contributed by atoms with van der Waals surface area (Å²) >= 11 is 0. The Balaban J connectivity index is 1.40. The van der Waals surface area contributed by atoms with Crippen molar-refractivity contribution in [2.45, 2.75) is 25.8 Å². The molecule has 0 aliphatic carbocycles. The number of hydrogen-bond acceptors (Lipinski definition) is 4. The second-order valence-corrected chi connectivity index (χ2v) is 6.98. The number of piperazine rings is 1. The predicted octanol–water partition coefficient (Wildman–Crippen LogP) is 1.31. The van der Waals surface area contributed by atoms with Gasteiger partial charge in [-0.3, -0.25) is 9.69 Å². The SMILES string of the molecule is CC(CNC(=O)C1CCNCC1)N1CCN(c2ccccc2)CC1. The van der Waals surface area contributed by atoms with Gasteiger partial charge in [0.05, 0.1) is 0 Å². The van der Waals surface area contributed by atoms with Gasteiger partial charge in [-0.15, -0.1) is 0 Å². The number of piperidine rings is 1. The fraction of sp³-hybridized carbons (Fsp3) is 0.632. The van der Waals surface area contributed by atoms with E-state index in [1.54, 1.807) is 0 Å². The highest BCUT2D eigenvalue weighted by atomic mass is 16.1. The van der Waals surface area contributed by atoms with Gasteiger partial charge in [-0.2, -0.15) is 0 Å². The third-order valence-corrected chi connectivity index (χ3v) is 5.34. The molecule has 1 unspecified atom stereocenters. The van der Waals surface area contributed by atoms with Crippen LogP contribution >= 0.6 is 0 Å². The number of anilines is 1. The number of carbonyl (C=O) groups is 1. The van der Waals surface area contributed by atoms with Gasteiger partial charge in [-0.1, -0.05) is 18.2 Å². The monoisotopic (exact) mass is 330 g/mol. The van der Waals surface area contributed by atoms with Gasteiger partial charge in [0.2, 0.25) is 5.91 Å². The molecule has 1 atom stereocenters. The zero-order valence-electron chi connectivity index (χ0n) is 14.7. The second-order valence-electron chi connectivity index (χ2n) is 6.98. The number of nitrogens with one attached hydrogen (secondary N) is 2. The van der Waals surface area contributed by atoms with E-state index in [2.05, 4.69) is 57.7 Å². The van der Waals surface area contributed by atoms with Crippen LogP contribution in [0.15, 0.2) is 30.3 Å². The number of para-hydroxylation sites is 1. The van der Waals surface area contributed by atoms with Crippen LogP contribution in [-0.2, 0) is 4.79 Å². The van der Waals surface area contributed by atoms with E-state index in [0.717, 1.165) is 58.7 Å². The lowest BCUT2D eigenvalue weighted by Crippen LogP contribution is -2.53. The van der Waals surface area contributed by atoms with Crippen LogP contribution in [0, 0.1) is 5.92 Å². The maximum atomic E-state index is 12.3. The molecule has 0 aromatic heterocycles. The molecule has 0 radical (unpaired) electrons. The molecule has 1 aromatic rings. The molecule has 2 fully saturated rings. The van der Waals surface area contributed by atoms with E-state index in [1.807, 2.05) is 0 Å². The van der Waals surface area contributed by atoms with Crippen molar-refractivity contribution in [3.05, 3.63) is 30.3 Å². The minimum atomic E-state index is 0.202. The van der Waals surface area contributed by atoms with E-state index in [1.165, 1.54) is 5.69 Å². The molecule has 24 heavy (non-hydrogen) atoms. The molecule has 2 heterocycles. The van der Waals surface area contributed by atoms with Gasteiger partial charge in [0.15, 0.2) is 0 Å². The number of hydrogen-bond donors (Lipinski definition) is 2. The number of amides is 1. The van der Waals surface area contributed by atoms with E-state index < -0.39 is 0 Å². The molecular weight excluding hydrogens is 300 g/mol. The summed E-state index contributed by atoms with van der Waals surface area (Å²) in [7, 11) is 0. The molecule has 5 heteroatoms. The van der Waals surface area contributed by atoms with Crippen molar-refractivity contribution >= 4 is 11.6 Å². The van der Waals surface area contributed by atoms with Crippen LogP contribution in [0.2, 0.25) is 0 Å². The molecule has 2 aliphatic heterocycles. The van der Waals surface area contributed by atoms with Crippen molar-refractivity contribution in [1.29, 1.82) is 0 Å². The van der Waals surface area contributed by atoms with E-state index >= 15 is 0 Å². The number of carbonyl (C=O) groups excluding carboxylic acids is 1. The average molecular weight is 330 g/mol. The molecule has 2 aliphatic rings. The van der Waals surface area contributed by atoms with E-state index in [-0.39, 0.29) is 11.8 Å². The lowest BCUT2D eigenvalue weighted by atomic mass is 9.97. The first kappa shape index (κ1) is 17.2. The first-order valence-electron chi connectivity index (χ1n) is 9.26. The van der Waals surface area contributed by atoms with Crippen LogP contribution in [0.25, 0.3) is 0 Å². The lowest BCUT2D eigenvalue weighted by Gasteiger charge is -2.39. The van der Waals surface area contributed by atoms with Gasteiger partial charge in [0.1, 0.15) is 0 Å². The fourth-order valence-electron chi connectivity index (χ4n) is 3.67. The summed E-state index contributed by atoms with van der Waals surface area (Å²) < 4.78 is 0. The van der Waals surface area contributed by atoms with Gasteiger partial charge in [0, 0.05) is 50.4 Å². The van der Waals surface area contributed by atoms with E-state index in [4.69, 9.17) is 0 Å². The smallest absolute Gasteiger partial charge is 0.223 e. The minimum Gasteiger partial charge on any atom is -0.369 e. The highest BCUT2D eigenvalue weighted by molar-refractivity contribution is 5.78. The van der Waals surface area contributed by atoms with E-state index in [0.29, 0.717) is 6.04 Å². The van der Waals surface area contributed by atoms with Gasteiger partial charge in [0.25, 0.3) is 0 Å². The Morgan fingerprint density at radius 2 is 1.83 bits per heavy atom. The van der Waals surface area contributed by atoms with Crippen LogP contribution in [0.3, 0.4) is 0 Å². The molecule has 0 bridgehead atoms. The Bertz CT molecular complexity index is 507. The zero-order valence-corrected chi connectivity index (χ0v) is 14.7. The lowest BCUT2D eigenvalue weighted by molar-refractivity contribution is -0.126. The van der Waals surface area contributed by atoms with Gasteiger partial charge in [-0.05, 0) is 45.0 Å². The van der Waals surface area contributed by atoms with Crippen molar-refractivity contribution in [3.8, 4) is 0 Å². The minimum absolute atomic E-state index is 0.202. The van der Waals surface area contributed by atoms with Gasteiger partial charge < -0.3 is 15.5 Å². The molecule has 132 valence electrons. The summed E-state index contributed by atoms with van der Waals surface area (Å²) in [5.74, 6) is 0.444. The molecule has 1 amide bonds. The Labute approximate surface area is 145 Å². The van der Waals surface area contributed by atoms with Gasteiger partial charge in [-0.25, -0.2) is 0 Å². The van der Waals surface area contributed by atoms with Gasteiger partial charge >= 0.3 is 0 Å². The van der Waals surface area contributed by atoms with Crippen molar-refractivity contribution in [3.63, 3.8) is 0 Å². The third kappa shape index (κ3) is 4.48. The van der Waals surface area contributed by atoms with E-state index in [9.17, 15) is 4.79 Å². The summed E-state index contributed by atoms with van der Waals surface area (Å²) in [5.41, 5.74) is 1.31. The predicted molar refractivity (Wildman–Crippen MR) is 98.3 cm³/mol. The number of benzene rings is 1. The Morgan fingerprint density at radius 1 is 1.17 bits per heavy atom. The largest absolute Gasteiger partial charge is 0.369 e. The summed E-state index contributed by atoms with van der Waals surface area (Å²) in [4.78, 5) is 17.2. The van der Waals surface area contributed by atoms with Crippen molar-refractivity contribution in [2.75, 3.05) is 50.7 Å². The van der Waals surface area contributed by atoms with Crippen LogP contribution < -0.4 is 15.5 Å². The number of nitrogens with zero attached hydrogens (tertiary/aromatic N) is 2. The summed E-state index contributed by atoms with van der Waals surface area (Å²) in [5, 5.41) is 6.48. The summed E-state index contributed by atoms with van der Waals surface area (Å²) in [6.45, 7) is 9.13. The van der Waals surface area contributed by atoms with Crippen molar-refractivity contribution in [1.82, 2.24) is 15.5 Å². The molecule has 2 saturated heterocycles. The Hall–Kier alpha value is -1.59. The first-order chi connectivity index (χ1) is 11.7. The van der Waals surface area contributed by atoms with Crippen LogP contribution in [0.4, 0.5) is 5.69 Å². The number of rotatable bonds is 5. The average Bonchev–Trinajstić information content (AvgIpc) is 2.67. The van der Waals surface area contributed by atoms with Crippen LogP contribution in [0.5, 0.6) is 0 Å². The maximum absolute atomic E-state index is 12.3. The highest BCUT2D eigenvalue weighted by Crippen LogP contribution is 2.16. The topological polar surface area (TPSA) is 47.6 Å². The zero-order chi connectivity index (χ0) is 16.8. The molecular formula is C19H30N4O. The second kappa shape index (κ2) is 8.49. The standard InChI is InChI=1S/C19H30N4O/c1-16(15-21-19(24)17-7-9-20-10-8-17)22-11-13-23(14-12-22)18-5-3-2-4-6-18/h2-6,16-17,20H,7-15H2,1H3,(H,21,24). The Morgan fingerprint density at radius 3 is 2.50 bits per heavy atom. The summed E-state index contributed by atoms with van der Waals surface area (Å²) in [6.07, 6.45) is 1.94.